The first-order valence-corrected chi connectivity index (χ1v) is 9.87. The Kier molecular flexibility index (Phi) is 6.61. The van der Waals surface area contributed by atoms with Crippen molar-refractivity contribution < 1.29 is 22.4 Å². The third kappa shape index (κ3) is 4.05. The summed E-state index contributed by atoms with van der Waals surface area (Å²) in [6.07, 6.45) is 0. The van der Waals surface area contributed by atoms with Gasteiger partial charge in [0.05, 0.1) is 6.61 Å². The van der Waals surface area contributed by atoms with Crippen LogP contribution in [0.1, 0.15) is 23.8 Å². The zero-order valence-corrected chi connectivity index (χ0v) is 17.0. The molecule has 138 valence electrons. The molecule has 2 rings (SSSR count). The molecule has 0 aliphatic heterocycles. The smallest absolute Gasteiger partial charge is 0.268 e. The maximum Gasteiger partial charge on any atom is 0.268 e. The van der Waals surface area contributed by atoms with Crippen molar-refractivity contribution in [1.29, 1.82) is 0 Å². The van der Waals surface area contributed by atoms with Gasteiger partial charge in [0.1, 0.15) is 17.4 Å². The number of nitrogens with zero attached hydrogens (tertiary/aromatic N) is 2. The van der Waals surface area contributed by atoms with Gasteiger partial charge in [-0.15, -0.1) is 0 Å². The van der Waals surface area contributed by atoms with Crippen molar-refractivity contribution in [2.45, 2.75) is 32.3 Å². The fourth-order valence-electron chi connectivity index (χ4n) is 2.20. The van der Waals surface area contributed by atoms with Crippen LogP contribution in [0.5, 0.6) is 0 Å². The lowest BCUT2D eigenvalue weighted by molar-refractivity contribution is 0.133. The van der Waals surface area contributed by atoms with Crippen LogP contribution in [0.25, 0.3) is 0 Å². The second-order valence-corrected chi connectivity index (χ2v) is 7.95. The summed E-state index contributed by atoms with van der Waals surface area (Å²) in [5.74, 6) is 0.761. The summed E-state index contributed by atoms with van der Waals surface area (Å²) in [5.41, 5.74) is 1.38. The van der Waals surface area contributed by atoms with E-state index in [1.54, 1.807) is 19.9 Å². The van der Waals surface area contributed by atoms with Crippen LogP contribution in [0.3, 0.4) is 0 Å². The van der Waals surface area contributed by atoms with Crippen molar-refractivity contribution in [3.8, 4) is 0 Å². The Hall–Kier alpha value is -1.42. The van der Waals surface area contributed by atoms with Crippen molar-refractivity contribution >= 4 is 31.8 Å². The fourth-order valence-corrected chi connectivity index (χ4v) is 4.68. The molecule has 0 fully saturated rings. The molecule has 0 unspecified atom stereocenters. The van der Waals surface area contributed by atoms with Crippen LogP contribution in [0, 0.1) is 13.8 Å². The van der Waals surface area contributed by atoms with Crippen LogP contribution >= 0.6 is 15.9 Å². The zero-order chi connectivity index (χ0) is 18.6. The minimum atomic E-state index is -3.92. The molecule has 0 bridgehead atoms. The first-order valence-electron chi connectivity index (χ1n) is 7.64. The number of rotatable bonds is 8. The van der Waals surface area contributed by atoms with Gasteiger partial charge in [0.2, 0.25) is 0 Å². The summed E-state index contributed by atoms with van der Waals surface area (Å²) in [4.78, 5) is 0.113. The highest BCUT2D eigenvalue weighted by molar-refractivity contribution is 9.10. The van der Waals surface area contributed by atoms with Crippen LogP contribution in [0.15, 0.2) is 32.1 Å². The van der Waals surface area contributed by atoms with Gasteiger partial charge in [0, 0.05) is 23.8 Å². The summed E-state index contributed by atoms with van der Waals surface area (Å²) in [6, 6.07) is 5.02. The second-order valence-electron chi connectivity index (χ2n) is 5.33. The summed E-state index contributed by atoms with van der Waals surface area (Å²) in [6.45, 7) is 6.02. The third-order valence-electron chi connectivity index (χ3n) is 3.69. The van der Waals surface area contributed by atoms with Gasteiger partial charge in [-0.2, -0.15) is 0 Å². The Balaban J connectivity index is 2.53. The van der Waals surface area contributed by atoms with E-state index in [2.05, 4.69) is 21.1 Å². The molecule has 0 aliphatic carbocycles. The number of aromatic nitrogens is 1. The summed E-state index contributed by atoms with van der Waals surface area (Å²) >= 11 is 3.39. The third-order valence-corrected chi connectivity index (χ3v) is 6.64. The first-order chi connectivity index (χ1) is 11.8. The molecule has 1 aromatic carbocycles. The predicted molar refractivity (Wildman–Crippen MR) is 97.0 cm³/mol. The molecule has 0 saturated heterocycles. The molecule has 25 heavy (non-hydrogen) atoms. The number of methoxy groups -OCH3 is 1. The van der Waals surface area contributed by atoms with Crippen LogP contribution in [0.4, 0.5) is 5.82 Å². The van der Waals surface area contributed by atoms with E-state index in [4.69, 9.17) is 14.0 Å². The molecule has 2 aromatic rings. The summed E-state index contributed by atoms with van der Waals surface area (Å²) in [5, 5.41) is 3.88. The summed E-state index contributed by atoms with van der Waals surface area (Å²) in [7, 11) is -2.50. The molecule has 0 radical (unpaired) electrons. The van der Waals surface area contributed by atoms with Crippen molar-refractivity contribution in [3.63, 3.8) is 0 Å². The average Bonchev–Trinajstić information content (AvgIpc) is 2.90. The molecular weight excluding hydrogens is 412 g/mol. The lowest BCUT2D eigenvalue weighted by Gasteiger charge is -2.22. The van der Waals surface area contributed by atoms with Crippen molar-refractivity contribution in [2.75, 3.05) is 24.8 Å². The molecule has 0 amide bonds. The number of ether oxygens (including phenoxy) is 2. The van der Waals surface area contributed by atoms with Gasteiger partial charge in [-0.3, -0.25) is 0 Å². The normalized spacial score (nSPS) is 11.7. The number of sulfonamides is 1. The molecule has 9 heteroatoms. The predicted octanol–water partition coefficient (Wildman–Crippen LogP) is 3.39. The first kappa shape index (κ1) is 19.9. The molecule has 0 N–H and O–H groups in total. The highest BCUT2D eigenvalue weighted by Crippen LogP contribution is 2.32. The van der Waals surface area contributed by atoms with E-state index in [1.165, 1.54) is 13.2 Å². The van der Waals surface area contributed by atoms with Gasteiger partial charge < -0.3 is 14.0 Å². The average molecular weight is 433 g/mol. The number of hydrogen-bond acceptors (Lipinski definition) is 6. The maximum atomic E-state index is 13.2. The highest BCUT2D eigenvalue weighted by Gasteiger charge is 2.31. The monoisotopic (exact) mass is 432 g/mol. The van der Waals surface area contributed by atoms with Crippen LogP contribution in [-0.2, 0) is 26.1 Å². The largest absolute Gasteiger partial charge is 0.377 e. The lowest BCUT2D eigenvalue weighted by Crippen LogP contribution is -2.34. The Morgan fingerprint density at radius 3 is 2.60 bits per heavy atom. The molecule has 0 spiro atoms. The number of aryl methyl sites for hydroxylation is 1. The lowest BCUT2D eigenvalue weighted by atomic mass is 10.2. The van der Waals surface area contributed by atoms with Gasteiger partial charge in [-0.1, -0.05) is 17.3 Å². The van der Waals surface area contributed by atoms with E-state index < -0.39 is 10.0 Å². The van der Waals surface area contributed by atoms with Gasteiger partial charge in [-0.25, -0.2) is 12.7 Å². The Morgan fingerprint density at radius 2 is 2.04 bits per heavy atom. The molecule has 7 nitrogen and oxygen atoms in total. The van der Waals surface area contributed by atoms with Crippen LogP contribution in [-0.4, -0.2) is 34.0 Å². The van der Waals surface area contributed by atoms with Crippen LogP contribution in [0.2, 0.25) is 0 Å². The minimum Gasteiger partial charge on any atom is -0.377 e. The minimum absolute atomic E-state index is 0.113. The van der Waals surface area contributed by atoms with Gasteiger partial charge in [0.25, 0.3) is 10.0 Å². The number of benzene rings is 1. The Labute approximate surface area is 156 Å². The quantitative estimate of drug-likeness (QED) is 0.594. The highest BCUT2D eigenvalue weighted by atomic mass is 79.9. The number of halogens is 1. The summed E-state index contributed by atoms with van der Waals surface area (Å²) < 4.78 is 43.6. The number of hydrogen-bond donors (Lipinski definition) is 0. The SMILES string of the molecule is CCOCc1cccc(S(=O)(=O)N(COC)c2noc(C)c2C)c1Br. The Morgan fingerprint density at radius 1 is 1.32 bits per heavy atom. The van der Waals surface area contributed by atoms with E-state index in [0.29, 0.717) is 29.0 Å². The standard InChI is InChI=1S/C16H21BrN2O5S/c1-5-23-9-13-7-6-8-14(15(13)17)25(20,21)19(10-22-4)16-11(2)12(3)24-18-16/h6-8H,5,9-10H2,1-4H3. The second kappa shape index (κ2) is 8.31. The van der Waals surface area contributed by atoms with E-state index in [9.17, 15) is 8.42 Å². The van der Waals surface area contributed by atoms with E-state index in [1.807, 2.05) is 13.0 Å². The molecule has 0 aliphatic rings. The zero-order valence-electron chi connectivity index (χ0n) is 14.6. The molecular formula is C16H21BrN2O5S. The maximum absolute atomic E-state index is 13.2. The van der Waals surface area contributed by atoms with Gasteiger partial charge in [0.15, 0.2) is 5.82 Å². The van der Waals surface area contributed by atoms with E-state index in [0.717, 1.165) is 9.87 Å². The van der Waals surface area contributed by atoms with Gasteiger partial charge >= 0.3 is 0 Å². The van der Waals surface area contributed by atoms with E-state index in [-0.39, 0.29) is 17.4 Å². The van der Waals surface area contributed by atoms with Crippen LogP contribution < -0.4 is 4.31 Å². The number of anilines is 1. The fraction of sp³-hybridized carbons (Fsp3) is 0.438. The topological polar surface area (TPSA) is 81.9 Å². The molecule has 1 aromatic heterocycles. The van der Waals surface area contributed by atoms with Crippen molar-refractivity contribution in [1.82, 2.24) is 5.16 Å². The van der Waals surface area contributed by atoms with Crippen molar-refractivity contribution in [2.24, 2.45) is 0 Å². The molecule has 0 atom stereocenters. The van der Waals surface area contributed by atoms with Gasteiger partial charge in [-0.05, 0) is 48.3 Å². The Bertz CT molecular complexity index is 835. The van der Waals surface area contributed by atoms with E-state index >= 15 is 0 Å². The molecule has 0 saturated carbocycles. The molecule has 1 heterocycles. The van der Waals surface area contributed by atoms with Crippen molar-refractivity contribution in [3.05, 3.63) is 39.6 Å².